The Bertz CT molecular complexity index is 495. The van der Waals surface area contributed by atoms with Crippen molar-refractivity contribution in [2.45, 2.75) is 84.1 Å². The number of alkyl carbamates (subject to hydrolysis) is 1. The Kier molecular flexibility index (Phi) is 6.42. The van der Waals surface area contributed by atoms with Crippen LogP contribution in [-0.2, 0) is 14.2 Å². The van der Waals surface area contributed by atoms with Crippen molar-refractivity contribution in [3.05, 3.63) is 0 Å². The van der Waals surface area contributed by atoms with Gasteiger partial charge in [0.05, 0.1) is 25.3 Å². The molecule has 0 spiro atoms. The van der Waals surface area contributed by atoms with Gasteiger partial charge in [-0.3, -0.25) is 4.90 Å². The van der Waals surface area contributed by atoms with Gasteiger partial charge in [0.15, 0.2) is 0 Å². The second-order valence-corrected chi connectivity index (χ2v) is 9.29. The molecule has 0 saturated carbocycles. The Balaban J connectivity index is 1.83. The molecule has 0 aromatic heterocycles. The van der Waals surface area contributed by atoms with Crippen LogP contribution in [0.4, 0.5) is 9.59 Å². The van der Waals surface area contributed by atoms with Crippen LogP contribution in [0.2, 0.25) is 0 Å². The van der Waals surface area contributed by atoms with Crippen LogP contribution in [0, 0.1) is 5.92 Å². The molecule has 2 atom stereocenters. The van der Waals surface area contributed by atoms with Crippen molar-refractivity contribution in [2.75, 3.05) is 19.8 Å². The minimum absolute atomic E-state index is 0.0453. The fourth-order valence-corrected chi connectivity index (χ4v) is 3.57. The monoisotopic (exact) mass is 370 g/mol. The first-order valence-corrected chi connectivity index (χ1v) is 9.50. The molecule has 26 heavy (non-hydrogen) atoms. The van der Waals surface area contributed by atoms with Gasteiger partial charge in [-0.25, -0.2) is 9.59 Å². The number of ether oxygens (including phenoxy) is 3. The fourth-order valence-electron chi connectivity index (χ4n) is 3.57. The highest BCUT2D eigenvalue weighted by atomic mass is 16.6. The van der Waals surface area contributed by atoms with Crippen molar-refractivity contribution >= 4 is 12.2 Å². The van der Waals surface area contributed by atoms with Crippen LogP contribution >= 0.6 is 0 Å². The maximum atomic E-state index is 12.5. The molecule has 0 aromatic rings. The van der Waals surface area contributed by atoms with Gasteiger partial charge in [-0.2, -0.15) is 0 Å². The number of rotatable bonds is 3. The Labute approximate surface area is 156 Å². The molecule has 2 heterocycles. The van der Waals surface area contributed by atoms with Crippen molar-refractivity contribution in [2.24, 2.45) is 5.92 Å². The van der Waals surface area contributed by atoms with Gasteiger partial charge in [-0.1, -0.05) is 0 Å². The van der Waals surface area contributed by atoms with Crippen LogP contribution < -0.4 is 5.32 Å². The van der Waals surface area contributed by atoms with Gasteiger partial charge >= 0.3 is 12.2 Å². The first kappa shape index (κ1) is 20.8. The quantitative estimate of drug-likeness (QED) is 0.825. The van der Waals surface area contributed by atoms with Gasteiger partial charge in [0.2, 0.25) is 0 Å². The number of nitrogens with zero attached hydrogens (tertiary/aromatic N) is 1. The van der Waals surface area contributed by atoms with Crippen molar-refractivity contribution in [3.8, 4) is 0 Å². The number of hydrogen-bond acceptors (Lipinski definition) is 5. The zero-order valence-electron chi connectivity index (χ0n) is 17.0. The molecule has 2 amide bonds. The van der Waals surface area contributed by atoms with Crippen LogP contribution in [0.1, 0.15) is 60.8 Å². The maximum absolute atomic E-state index is 12.5. The SMILES string of the molecule is CC(C)(C)OC(=O)NCCC1CC2COCC(C1)N2C(=O)OC(C)(C)C. The number of morpholine rings is 1. The largest absolute Gasteiger partial charge is 0.444 e. The van der Waals surface area contributed by atoms with Crippen LogP contribution in [0.25, 0.3) is 0 Å². The van der Waals surface area contributed by atoms with Crippen molar-refractivity contribution in [1.82, 2.24) is 10.2 Å². The molecule has 2 saturated heterocycles. The van der Waals surface area contributed by atoms with E-state index in [9.17, 15) is 9.59 Å². The number of carbonyl (C=O) groups excluding carboxylic acids is 2. The summed E-state index contributed by atoms with van der Waals surface area (Å²) in [4.78, 5) is 26.2. The minimum atomic E-state index is -0.500. The Morgan fingerprint density at radius 3 is 2.04 bits per heavy atom. The fraction of sp³-hybridized carbons (Fsp3) is 0.895. The van der Waals surface area contributed by atoms with Crippen molar-refractivity contribution in [3.63, 3.8) is 0 Å². The van der Waals surface area contributed by atoms with Crippen LogP contribution in [0.15, 0.2) is 0 Å². The van der Waals surface area contributed by atoms with E-state index in [-0.39, 0.29) is 24.3 Å². The van der Waals surface area contributed by atoms with Gasteiger partial charge in [0.25, 0.3) is 0 Å². The number of carbonyl (C=O) groups is 2. The van der Waals surface area contributed by atoms with E-state index in [1.165, 1.54) is 0 Å². The summed E-state index contributed by atoms with van der Waals surface area (Å²) in [7, 11) is 0. The number of nitrogens with one attached hydrogen (secondary N) is 1. The molecule has 2 bridgehead atoms. The van der Waals surface area contributed by atoms with E-state index in [2.05, 4.69) is 5.32 Å². The lowest BCUT2D eigenvalue weighted by Crippen LogP contribution is -2.60. The molecule has 2 rings (SSSR count). The van der Waals surface area contributed by atoms with Crippen molar-refractivity contribution in [1.29, 1.82) is 0 Å². The molecule has 2 fully saturated rings. The first-order chi connectivity index (χ1) is 11.9. The average Bonchev–Trinajstić information content (AvgIpc) is 2.42. The molecule has 150 valence electrons. The van der Waals surface area contributed by atoms with E-state index < -0.39 is 11.2 Å². The topological polar surface area (TPSA) is 77.1 Å². The Morgan fingerprint density at radius 2 is 1.54 bits per heavy atom. The molecule has 0 radical (unpaired) electrons. The lowest BCUT2D eigenvalue weighted by Gasteiger charge is -2.48. The van der Waals surface area contributed by atoms with Crippen LogP contribution in [0.3, 0.4) is 0 Å². The molecule has 7 nitrogen and oxygen atoms in total. The summed E-state index contributed by atoms with van der Waals surface area (Å²) in [5.74, 6) is 0.447. The zero-order valence-corrected chi connectivity index (χ0v) is 17.0. The summed E-state index contributed by atoms with van der Waals surface area (Å²) >= 11 is 0. The van der Waals surface area contributed by atoms with E-state index in [0.29, 0.717) is 25.7 Å². The number of piperidine rings is 1. The second-order valence-electron chi connectivity index (χ2n) is 9.29. The highest BCUT2D eigenvalue weighted by molar-refractivity contribution is 5.69. The number of amides is 2. The third kappa shape index (κ3) is 6.34. The number of hydrogen-bond donors (Lipinski definition) is 1. The van der Waals surface area contributed by atoms with E-state index in [1.54, 1.807) is 0 Å². The average molecular weight is 370 g/mol. The van der Waals surface area contributed by atoms with Gasteiger partial charge < -0.3 is 19.5 Å². The third-order valence-electron chi connectivity index (χ3n) is 4.44. The van der Waals surface area contributed by atoms with Gasteiger partial charge in [-0.05, 0) is 66.7 Å². The highest BCUT2D eigenvalue weighted by Gasteiger charge is 2.43. The molecule has 0 aliphatic carbocycles. The highest BCUT2D eigenvalue weighted by Crippen LogP contribution is 2.34. The normalized spacial score (nSPS) is 26.2. The van der Waals surface area contributed by atoms with E-state index >= 15 is 0 Å². The first-order valence-electron chi connectivity index (χ1n) is 9.50. The molecule has 2 aliphatic heterocycles. The molecule has 7 heteroatoms. The van der Waals surface area contributed by atoms with Gasteiger partial charge in [0, 0.05) is 6.54 Å². The van der Waals surface area contributed by atoms with Crippen molar-refractivity contribution < 1.29 is 23.8 Å². The molecular formula is C19H34N2O5. The molecular weight excluding hydrogens is 336 g/mol. The van der Waals surface area contributed by atoms with Gasteiger partial charge in [0.1, 0.15) is 11.2 Å². The predicted octanol–water partition coefficient (Wildman–Crippen LogP) is 3.32. The third-order valence-corrected chi connectivity index (χ3v) is 4.44. The van der Waals surface area contributed by atoms with Crippen LogP contribution in [-0.4, -0.2) is 60.1 Å². The predicted molar refractivity (Wildman–Crippen MR) is 98.0 cm³/mol. The molecule has 2 aliphatic rings. The maximum Gasteiger partial charge on any atom is 0.410 e. The number of fused-ring (bicyclic) bond motifs is 2. The molecule has 1 N–H and O–H groups in total. The lowest BCUT2D eigenvalue weighted by atomic mass is 9.83. The second kappa shape index (κ2) is 8.03. The summed E-state index contributed by atoms with van der Waals surface area (Å²) in [6.45, 7) is 12.9. The summed E-state index contributed by atoms with van der Waals surface area (Å²) in [6.07, 6.45) is 1.97. The smallest absolute Gasteiger partial charge is 0.410 e. The van der Waals surface area contributed by atoms with E-state index in [1.807, 2.05) is 46.4 Å². The summed E-state index contributed by atoms with van der Waals surface area (Å²) in [5, 5.41) is 2.82. The summed E-state index contributed by atoms with van der Waals surface area (Å²) in [5.41, 5.74) is -0.988. The van der Waals surface area contributed by atoms with Crippen LogP contribution in [0.5, 0.6) is 0 Å². The van der Waals surface area contributed by atoms with E-state index in [4.69, 9.17) is 14.2 Å². The standard InChI is InChI=1S/C19H34N2O5/c1-18(2,3)25-16(22)20-8-7-13-9-14-11-24-12-15(10-13)21(14)17(23)26-19(4,5)6/h13-15H,7-12H2,1-6H3,(H,20,22). The summed E-state index contributed by atoms with van der Waals surface area (Å²) < 4.78 is 16.5. The van der Waals surface area contributed by atoms with E-state index in [0.717, 1.165) is 19.3 Å². The summed E-state index contributed by atoms with van der Waals surface area (Å²) in [6, 6.07) is 0.0905. The zero-order chi connectivity index (χ0) is 19.5. The van der Waals surface area contributed by atoms with Gasteiger partial charge in [-0.15, -0.1) is 0 Å². The molecule has 2 unspecified atom stereocenters. The lowest BCUT2D eigenvalue weighted by molar-refractivity contribution is -0.0901. The molecule has 0 aromatic carbocycles. The minimum Gasteiger partial charge on any atom is -0.444 e. The Morgan fingerprint density at radius 1 is 1.00 bits per heavy atom. The Hall–Kier alpha value is -1.50.